The van der Waals surface area contributed by atoms with Crippen LogP contribution in [0.25, 0.3) is 177 Å². The van der Waals surface area contributed by atoms with Gasteiger partial charge in [0.05, 0.1) is 5.69 Å². The molecule has 0 unspecified atom stereocenters. The maximum Gasteiger partial charge on any atom is 0.227 e. The molecule has 22 aromatic rings. The van der Waals surface area contributed by atoms with E-state index in [1.54, 1.807) is 0 Å². The first-order chi connectivity index (χ1) is 54.9. The van der Waals surface area contributed by atoms with E-state index < -0.39 is 0 Å². The molecule has 0 aliphatic heterocycles. The number of nitrogens with zero attached hydrogens (tertiary/aromatic N) is 3. The Morgan fingerprint density at radius 2 is 0.649 bits per heavy atom. The van der Waals surface area contributed by atoms with Crippen LogP contribution < -0.4 is 10.2 Å². The molecule has 1 N–H and O–H groups in total. The van der Waals surface area contributed by atoms with Crippen molar-refractivity contribution < 1.29 is 17.7 Å². The van der Waals surface area contributed by atoms with Gasteiger partial charge in [-0.2, -0.15) is 0 Å². The molecule has 0 aliphatic rings. The van der Waals surface area contributed by atoms with Gasteiger partial charge in [-0.25, -0.2) is 9.97 Å². The van der Waals surface area contributed by atoms with Gasteiger partial charge < -0.3 is 27.9 Å². The normalized spacial score (nSPS) is 11.5. The van der Waals surface area contributed by atoms with Crippen LogP contribution in [0.5, 0.6) is 0 Å². The van der Waals surface area contributed by atoms with Gasteiger partial charge in [0.1, 0.15) is 33.4 Å². The molecule has 4 aromatic heterocycles. The molecule has 22 rings (SSSR count). The Labute approximate surface area is 643 Å². The van der Waals surface area contributed by atoms with Gasteiger partial charge in [0.15, 0.2) is 11.2 Å². The summed E-state index contributed by atoms with van der Waals surface area (Å²) < 4.78 is 25.1. The summed E-state index contributed by atoms with van der Waals surface area (Å²) in [5.74, 6) is 1.25. The van der Waals surface area contributed by atoms with Crippen LogP contribution in [-0.4, -0.2) is 9.97 Å². The van der Waals surface area contributed by atoms with Crippen LogP contribution in [0.2, 0.25) is 5.02 Å². The number of nitrogens with one attached hydrogen (secondary N) is 1. The molecule has 0 saturated carbocycles. The molecule has 9 heteroatoms. The molecule has 0 saturated heterocycles. The molecule has 0 amide bonds. The van der Waals surface area contributed by atoms with E-state index in [0.29, 0.717) is 11.8 Å². The lowest BCUT2D eigenvalue weighted by molar-refractivity contribution is 0.623. The largest absolute Gasteiger partial charge is 0.456 e. The van der Waals surface area contributed by atoms with Crippen molar-refractivity contribution >= 4 is 149 Å². The first kappa shape index (κ1) is 65.9. The van der Waals surface area contributed by atoms with Gasteiger partial charge in [-0.05, 0) is 187 Å². The number of furan rings is 2. The number of para-hydroxylation sites is 4. The van der Waals surface area contributed by atoms with E-state index in [1.165, 1.54) is 33.4 Å². The Morgan fingerprint density at radius 1 is 0.261 bits per heavy atom. The van der Waals surface area contributed by atoms with Gasteiger partial charge in [0.25, 0.3) is 0 Å². The first-order valence-electron chi connectivity index (χ1n) is 37.1. The molecule has 111 heavy (non-hydrogen) atoms. The van der Waals surface area contributed by atoms with Crippen LogP contribution in [0.4, 0.5) is 28.4 Å². The number of hydrogen-bond donors (Lipinski definition) is 1. The number of aromatic nitrogens is 2. The highest BCUT2D eigenvalue weighted by atomic mass is 35.5. The summed E-state index contributed by atoms with van der Waals surface area (Å²) in [7, 11) is 0. The number of oxazole rings is 2. The topological polar surface area (TPSA) is 93.6 Å². The highest BCUT2D eigenvalue weighted by Gasteiger charge is 2.24. The van der Waals surface area contributed by atoms with E-state index >= 15 is 0 Å². The molecular weight excluding hydrogens is 1380 g/mol. The lowest BCUT2D eigenvalue weighted by Crippen LogP contribution is -2.11. The Morgan fingerprint density at radius 3 is 1.22 bits per heavy atom. The fraction of sp³-hybridized carbons (Fsp3) is 0. The van der Waals surface area contributed by atoms with Crippen LogP contribution in [-0.2, 0) is 0 Å². The maximum atomic E-state index is 6.62. The van der Waals surface area contributed by atoms with Gasteiger partial charge >= 0.3 is 0 Å². The third-order valence-electron chi connectivity index (χ3n) is 20.9. The lowest BCUT2D eigenvalue weighted by atomic mass is 9.93. The standard InChI is InChI=1S/C51H32N2O2.C30H21NO.C21H12ClNO/c1-3-13-33(14-4-1)39-17-7-8-18-40(39)41-19-9-11-21-46(41)53(38-28-30-48-44(32-38)42-20-10-12-22-47(42)54-48)37-27-25-34-23-24-35-26-29-45-50(49(35)43(34)31-37)55-51(52-45)36-15-5-2-6-16-36;1-2-10-21(11-3-1)23-12-4-5-13-24(23)25-14-6-8-16-28(25)31-22-18-19-30-27(20-22)26-15-7-9-17-29(26)32-30;22-16-10-8-13-6-7-14-9-11-18-20(19(14)17(13)12-16)24-21(23-18)15-4-2-1-3-5-15/h1-32H;1-20,31H;1-12H. The first-order valence-corrected chi connectivity index (χ1v) is 37.5. The molecule has 0 radical (unpaired) electrons. The minimum absolute atomic E-state index is 0.615. The van der Waals surface area contributed by atoms with E-state index in [-0.39, 0.29) is 0 Å². The third kappa shape index (κ3) is 12.4. The SMILES string of the molecule is Clc1ccc2ccc3ccc4nc(-c5ccccc5)oc4c3c2c1.c1ccc(-c2ccccc2-c2ccccc2Nc2ccc3oc4ccccc4c3c2)cc1.c1ccc(-c2nc3ccc4ccc5ccc(N(c6ccc7oc8ccccc8c7c6)c6ccccc6-c6ccccc6-c6ccccc6)cc5c4c3o2)cc1. The smallest absolute Gasteiger partial charge is 0.227 e. The second-order valence-corrected chi connectivity index (χ2v) is 28.1. The van der Waals surface area contributed by atoms with Crippen molar-refractivity contribution in [2.24, 2.45) is 0 Å². The molecular formula is C102H65ClN4O4. The van der Waals surface area contributed by atoms with Gasteiger partial charge in [-0.15, -0.1) is 0 Å². The Hall–Kier alpha value is -14.6. The van der Waals surface area contributed by atoms with Gasteiger partial charge in [0, 0.05) is 82.3 Å². The van der Waals surface area contributed by atoms with E-state index in [9.17, 15) is 0 Å². The highest BCUT2D eigenvalue weighted by Crippen LogP contribution is 2.48. The Bertz CT molecular complexity index is 7270. The van der Waals surface area contributed by atoms with Crippen molar-refractivity contribution in [2.45, 2.75) is 0 Å². The summed E-state index contributed by atoms with van der Waals surface area (Å²) in [5, 5.41) is 17.6. The predicted octanol–water partition coefficient (Wildman–Crippen LogP) is 29.6. The van der Waals surface area contributed by atoms with E-state index in [0.717, 1.165) is 165 Å². The maximum absolute atomic E-state index is 6.62. The number of benzene rings is 18. The zero-order valence-electron chi connectivity index (χ0n) is 59.8. The molecule has 0 atom stereocenters. The zero-order valence-corrected chi connectivity index (χ0v) is 60.6. The van der Waals surface area contributed by atoms with Crippen molar-refractivity contribution in [3.63, 3.8) is 0 Å². The zero-order chi connectivity index (χ0) is 73.7. The van der Waals surface area contributed by atoms with Crippen molar-refractivity contribution in [1.82, 2.24) is 9.97 Å². The summed E-state index contributed by atoms with van der Waals surface area (Å²) in [4.78, 5) is 12.0. The predicted molar refractivity (Wildman–Crippen MR) is 461 cm³/mol. The van der Waals surface area contributed by atoms with Crippen molar-refractivity contribution in [3.8, 4) is 67.4 Å². The summed E-state index contributed by atoms with van der Waals surface area (Å²) in [6.45, 7) is 0. The van der Waals surface area contributed by atoms with Crippen LogP contribution >= 0.6 is 11.6 Å². The van der Waals surface area contributed by atoms with E-state index in [2.05, 4.69) is 282 Å². The van der Waals surface area contributed by atoms with Crippen molar-refractivity contribution in [2.75, 3.05) is 10.2 Å². The monoisotopic (exact) mass is 1440 g/mol. The molecule has 18 aromatic carbocycles. The highest BCUT2D eigenvalue weighted by molar-refractivity contribution is 6.32. The molecule has 0 spiro atoms. The van der Waals surface area contributed by atoms with E-state index in [4.69, 9.17) is 34.3 Å². The lowest BCUT2D eigenvalue weighted by Gasteiger charge is -2.29. The number of fused-ring (bicyclic) bond motifs is 16. The summed E-state index contributed by atoms with van der Waals surface area (Å²) in [6, 6.07) is 134. The average molecular weight is 1450 g/mol. The van der Waals surface area contributed by atoms with Crippen molar-refractivity contribution in [3.05, 3.63) is 393 Å². The molecule has 524 valence electrons. The summed E-state index contributed by atoms with van der Waals surface area (Å²) in [5.41, 5.74) is 23.4. The summed E-state index contributed by atoms with van der Waals surface area (Å²) >= 11 is 6.23. The molecule has 0 fully saturated rings. The van der Waals surface area contributed by atoms with E-state index in [1.807, 2.05) is 121 Å². The second-order valence-electron chi connectivity index (χ2n) is 27.6. The molecule has 0 aliphatic carbocycles. The number of anilines is 5. The molecule has 8 nitrogen and oxygen atoms in total. The molecule has 0 bridgehead atoms. The fourth-order valence-corrected chi connectivity index (χ4v) is 15.9. The second kappa shape index (κ2) is 28.3. The van der Waals surface area contributed by atoms with Crippen LogP contribution in [0.1, 0.15) is 0 Å². The minimum Gasteiger partial charge on any atom is -0.456 e. The number of halogens is 1. The van der Waals surface area contributed by atoms with Crippen LogP contribution in [0, 0.1) is 0 Å². The molecule has 4 heterocycles. The minimum atomic E-state index is 0.615. The summed E-state index contributed by atoms with van der Waals surface area (Å²) in [6.07, 6.45) is 0. The average Bonchev–Trinajstić information content (AvgIpc) is 1.72. The van der Waals surface area contributed by atoms with Gasteiger partial charge in [0.2, 0.25) is 11.8 Å². The van der Waals surface area contributed by atoms with Crippen LogP contribution in [0.15, 0.2) is 406 Å². The number of rotatable bonds is 11. The van der Waals surface area contributed by atoms with Crippen molar-refractivity contribution in [1.29, 1.82) is 0 Å². The van der Waals surface area contributed by atoms with Gasteiger partial charge in [-0.3, -0.25) is 0 Å². The van der Waals surface area contributed by atoms with Gasteiger partial charge in [-0.1, -0.05) is 279 Å². The fourth-order valence-electron chi connectivity index (χ4n) is 15.7. The Kier molecular flexibility index (Phi) is 16.8. The quantitative estimate of drug-likeness (QED) is 0.128. The number of hydrogen-bond acceptors (Lipinski definition) is 8. The van der Waals surface area contributed by atoms with Crippen LogP contribution in [0.3, 0.4) is 0 Å². The third-order valence-corrected chi connectivity index (χ3v) is 21.1. The Balaban J connectivity index is 0.000000121.